The fraction of sp³-hybridized carbons (Fsp3) is 0.300. The van der Waals surface area contributed by atoms with Crippen LogP contribution in [0, 0.1) is 0 Å². The molecule has 5 heteroatoms. The second kappa shape index (κ2) is 5.21. The second-order valence-corrected chi connectivity index (χ2v) is 2.75. The molecular weight excluding hydrogens is 198 g/mol. The van der Waals surface area contributed by atoms with Crippen molar-refractivity contribution in [3.05, 3.63) is 23.8 Å². The number of hydrogen-bond donors (Lipinski definition) is 2. The third-order valence-electron chi connectivity index (χ3n) is 1.75. The van der Waals surface area contributed by atoms with Crippen LogP contribution in [0.2, 0.25) is 0 Å². The van der Waals surface area contributed by atoms with E-state index in [-0.39, 0.29) is 5.75 Å². The maximum absolute atomic E-state index is 11.4. The molecule has 1 aromatic carbocycles. The monoisotopic (exact) mass is 211 g/mol. The molecule has 0 unspecified atom stereocenters. The van der Waals surface area contributed by atoms with Crippen molar-refractivity contribution in [2.75, 3.05) is 13.7 Å². The molecule has 0 bridgehead atoms. The lowest BCUT2D eigenvalue weighted by atomic mass is 10.2. The van der Waals surface area contributed by atoms with Gasteiger partial charge in [0.25, 0.3) is 5.91 Å². The van der Waals surface area contributed by atoms with Crippen LogP contribution in [-0.4, -0.2) is 24.7 Å². The summed E-state index contributed by atoms with van der Waals surface area (Å²) in [5.41, 5.74) is 2.53. The van der Waals surface area contributed by atoms with Gasteiger partial charge in [-0.3, -0.25) is 9.63 Å². The molecule has 0 spiro atoms. The van der Waals surface area contributed by atoms with Crippen molar-refractivity contribution in [3.8, 4) is 11.5 Å². The van der Waals surface area contributed by atoms with E-state index in [0.717, 1.165) is 0 Å². The number of amides is 1. The van der Waals surface area contributed by atoms with E-state index in [1.54, 1.807) is 6.92 Å². The molecule has 0 radical (unpaired) electrons. The average molecular weight is 211 g/mol. The summed E-state index contributed by atoms with van der Waals surface area (Å²) in [5.74, 6) is -0.167. The maximum atomic E-state index is 11.4. The Morgan fingerprint density at radius 2 is 2.27 bits per heavy atom. The highest BCUT2D eigenvalue weighted by Crippen LogP contribution is 2.25. The summed E-state index contributed by atoms with van der Waals surface area (Å²) in [6.45, 7) is 2.14. The van der Waals surface area contributed by atoms with Crippen LogP contribution in [0.3, 0.4) is 0 Å². The molecule has 1 aromatic rings. The molecular formula is C10H13NO4. The molecule has 15 heavy (non-hydrogen) atoms. The van der Waals surface area contributed by atoms with E-state index in [1.165, 1.54) is 25.3 Å². The normalized spacial score (nSPS) is 9.73. The number of nitrogens with one attached hydrogen (secondary N) is 1. The number of carbonyl (C=O) groups is 1. The van der Waals surface area contributed by atoms with E-state index in [4.69, 9.17) is 9.57 Å². The molecule has 0 aromatic heterocycles. The van der Waals surface area contributed by atoms with E-state index in [2.05, 4.69) is 5.48 Å². The molecule has 1 amide bonds. The topological polar surface area (TPSA) is 67.8 Å². The highest BCUT2D eigenvalue weighted by atomic mass is 16.6. The van der Waals surface area contributed by atoms with E-state index >= 15 is 0 Å². The van der Waals surface area contributed by atoms with Crippen molar-refractivity contribution in [1.29, 1.82) is 0 Å². The van der Waals surface area contributed by atoms with Crippen molar-refractivity contribution in [2.45, 2.75) is 6.92 Å². The van der Waals surface area contributed by atoms with Crippen molar-refractivity contribution >= 4 is 5.91 Å². The van der Waals surface area contributed by atoms with Crippen LogP contribution in [-0.2, 0) is 4.84 Å². The fourth-order valence-electron chi connectivity index (χ4n) is 1.03. The quantitative estimate of drug-likeness (QED) is 0.731. The number of phenolic OH excluding ortho intramolecular Hbond substituents is 1. The molecule has 0 heterocycles. The van der Waals surface area contributed by atoms with Crippen molar-refractivity contribution in [2.24, 2.45) is 0 Å². The van der Waals surface area contributed by atoms with Gasteiger partial charge < -0.3 is 9.84 Å². The number of hydroxylamine groups is 1. The summed E-state index contributed by atoms with van der Waals surface area (Å²) >= 11 is 0. The second-order valence-electron chi connectivity index (χ2n) is 2.75. The van der Waals surface area contributed by atoms with Gasteiger partial charge in [0.15, 0.2) is 11.5 Å². The Morgan fingerprint density at radius 1 is 1.53 bits per heavy atom. The van der Waals surface area contributed by atoms with Crippen molar-refractivity contribution in [3.63, 3.8) is 0 Å². The molecule has 2 N–H and O–H groups in total. The Labute approximate surface area is 87.6 Å². The maximum Gasteiger partial charge on any atom is 0.274 e. The standard InChI is InChI=1S/C10H13NO4/c1-3-15-11-10(13)7-4-5-9(14-2)8(12)6-7/h4-6,12H,3H2,1-2H3,(H,11,13). The molecule has 1 rings (SSSR count). The number of aromatic hydroxyl groups is 1. The first-order chi connectivity index (χ1) is 7.19. The molecule has 82 valence electrons. The summed E-state index contributed by atoms with van der Waals surface area (Å²) < 4.78 is 4.85. The third kappa shape index (κ3) is 2.85. The average Bonchev–Trinajstić information content (AvgIpc) is 2.25. The van der Waals surface area contributed by atoms with Gasteiger partial charge in [0.2, 0.25) is 0 Å². The van der Waals surface area contributed by atoms with E-state index < -0.39 is 5.91 Å². The lowest BCUT2D eigenvalue weighted by molar-refractivity contribution is 0.0364. The molecule has 0 atom stereocenters. The van der Waals surface area contributed by atoms with Gasteiger partial charge in [0, 0.05) is 5.56 Å². The number of ether oxygens (including phenoxy) is 1. The van der Waals surface area contributed by atoms with Gasteiger partial charge in [0.05, 0.1) is 13.7 Å². The zero-order valence-corrected chi connectivity index (χ0v) is 8.61. The number of carbonyl (C=O) groups excluding carboxylic acids is 1. The molecule has 5 nitrogen and oxygen atoms in total. The first-order valence-corrected chi connectivity index (χ1v) is 4.48. The van der Waals surface area contributed by atoms with Gasteiger partial charge in [-0.1, -0.05) is 0 Å². The van der Waals surface area contributed by atoms with Gasteiger partial charge in [-0.15, -0.1) is 0 Å². The zero-order valence-electron chi connectivity index (χ0n) is 8.61. The van der Waals surface area contributed by atoms with Crippen molar-refractivity contribution in [1.82, 2.24) is 5.48 Å². The van der Waals surface area contributed by atoms with Crippen LogP contribution in [0.25, 0.3) is 0 Å². The first-order valence-electron chi connectivity index (χ1n) is 4.48. The highest BCUT2D eigenvalue weighted by molar-refractivity contribution is 5.94. The fourth-order valence-corrected chi connectivity index (χ4v) is 1.03. The Morgan fingerprint density at radius 3 is 2.80 bits per heavy atom. The molecule has 0 aliphatic rings. The first kappa shape index (κ1) is 11.3. The third-order valence-corrected chi connectivity index (χ3v) is 1.75. The van der Waals surface area contributed by atoms with Crippen LogP contribution in [0.5, 0.6) is 11.5 Å². The lowest BCUT2D eigenvalue weighted by Crippen LogP contribution is -2.23. The summed E-state index contributed by atoms with van der Waals surface area (Å²) in [7, 11) is 1.44. The van der Waals surface area contributed by atoms with Gasteiger partial charge in [-0.05, 0) is 25.1 Å². The number of benzene rings is 1. The predicted octanol–water partition coefficient (Wildman–Crippen LogP) is 1.08. The summed E-state index contributed by atoms with van der Waals surface area (Å²) in [6.07, 6.45) is 0. The molecule has 0 fully saturated rings. The van der Waals surface area contributed by atoms with Gasteiger partial charge in [0.1, 0.15) is 0 Å². The number of phenols is 1. The number of methoxy groups -OCH3 is 1. The van der Waals surface area contributed by atoms with Crippen LogP contribution in [0.15, 0.2) is 18.2 Å². The Hall–Kier alpha value is -1.75. The van der Waals surface area contributed by atoms with E-state index in [1.807, 2.05) is 0 Å². The molecule has 0 aliphatic heterocycles. The Balaban J connectivity index is 2.78. The van der Waals surface area contributed by atoms with Crippen LogP contribution >= 0.6 is 0 Å². The largest absolute Gasteiger partial charge is 0.504 e. The molecule has 0 saturated carbocycles. The Bertz CT molecular complexity index is 351. The summed E-state index contributed by atoms with van der Waals surface area (Å²) in [4.78, 5) is 16.1. The minimum absolute atomic E-state index is 0.0818. The van der Waals surface area contributed by atoms with Gasteiger partial charge >= 0.3 is 0 Å². The number of hydrogen-bond acceptors (Lipinski definition) is 4. The molecule has 0 saturated heterocycles. The van der Waals surface area contributed by atoms with Crippen molar-refractivity contribution < 1.29 is 19.5 Å². The summed E-state index contributed by atoms with van der Waals surface area (Å²) in [5, 5.41) is 9.42. The SMILES string of the molecule is CCONC(=O)c1ccc(OC)c(O)c1. The highest BCUT2D eigenvalue weighted by Gasteiger charge is 2.08. The zero-order chi connectivity index (χ0) is 11.3. The summed E-state index contributed by atoms with van der Waals surface area (Å²) in [6, 6.07) is 4.36. The van der Waals surface area contributed by atoms with Crippen LogP contribution in [0.1, 0.15) is 17.3 Å². The minimum Gasteiger partial charge on any atom is -0.504 e. The van der Waals surface area contributed by atoms with Gasteiger partial charge in [-0.2, -0.15) is 0 Å². The number of rotatable bonds is 4. The smallest absolute Gasteiger partial charge is 0.274 e. The van der Waals surface area contributed by atoms with Crippen LogP contribution < -0.4 is 10.2 Å². The molecule has 0 aliphatic carbocycles. The Kier molecular flexibility index (Phi) is 3.93. The van der Waals surface area contributed by atoms with E-state index in [0.29, 0.717) is 17.9 Å². The van der Waals surface area contributed by atoms with Crippen LogP contribution in [0.4, 0.5) is 0 Å². The van der Waals surface area contributed by atoms with E-state index in [9.17, 15) is 9.90 Å². The minimum atomic E-state index is -0.408. The predicted molar refractivity (Wildman–Crippen MR) is 53.8 cm³/mol. The van der Waals surface area contributed by atoms with Gasteiger partial charge in [-0.25, -0.2) is 5.48 Å². The lowest BCUT2D eigenvalue weighted by Gasteiger charge is -2.06.